The van der Waals surface area contributed by atoms with Gasteiger partial charge >= 0.3 is 5.97 Å². The summed E-state index contributed by atoms with van der Waals surface area (Å²) in [4.78, 5) is 15.4. The van der Waals surface area contributed by atoms with Gasteiger partial charge in [0.25, 0.3) is 0 Å². The molecule has 5 heteroatoms. The van der Waals surface area contributed by atoms with Gasteiger partial charge in [-0.25, -0.2) is 0 Å². The number of pyridine rings is 1. The monoisotopic (exact) mass is 215 g/mol. The first kappa shape index (κ1) is 10.4. The summed E-state index contributed by atoms with van der Waals surface area (Å²) in [5.74, 6) is -0.790. The van der Waals surface area contributed by atoms with Crippen LogP contribution in [0.3, 0.4) is 0 Å². The quantitative estimate of drug-likeness (QED) is 0.781. The Morgan fingerprint density at radius 2 is 2.46 bits per heavy atom. The van der Waals surface area contributed by atoms with E-state index in [0.29, 0.717) is 0 Å². The summed E-state index contributed by atoms with van der Waals surface area (Å²) in [6.45, 7) is 1.66. The molecule has 70 valence electrons. The highest BCUT2D eigenvalue weighted by Gasteiger charge is 2.11. The maximum Gasteiger partial charge on any atom is 0.317 e. The van der Waals surface area contributed by atoms with Crippen molar-refractivity contribution >= 4 is 27.6 Å². The largest absolute Gasteiger partial charge is 0.480 e. The van der Waals surface area contributed by atoms with E-state index < -0.39 is 11.2 Å². The van der Waals surface area contributed by atoms with E-state index in [1.54, 1.807) is 19.3 Å². The van der Waals surface area contributed by atoms with Crippen LogP contribution in [0.15, 0.2) is 29.4 Å². The van der Waals surface area contributed by atoms with Gasteiger partial charge in [0.15, 0.2) is 0 Å². The predicted octanol–water partition coefficient (Wildman–Crippen LogP) is 2.29. The Bertz CT molecular complexity index is 279. The van der Waals surface area contributed by atoms with Gasteiger partial charge < -0.3 is 5.11 Å². The summed E-state index contributed by atoms with van der Waals surface area (Å²) >= 11 is 0. The number of carboxylic acids is 1. The predicted molar refractivity (Wildman–Crippen MR) is 54.8 cm³/mol. The van der Waals surface area contributed by atoms with Gasteiger partial charge in [0.1, 0.15) is 5.25 Å². The van der Waals surface area contributed by atoms with Crippen LogP contribution in [-0.4, -0.2) is 21.3 Å². The van der Waals surface area contributed by atoms with E-state index in [2.05, 4.69) is 4.98 Å². The number of hydrogen-bond acceptors (Lipinski definition) is 4. The van der Waals surface area contributed by atoms with E-state index in [4.69, 9.17) is 5.11 Å². The standard InChI is InChI=1S/C8H9NO2S2/c1-6(8(10)11)12-13-7-3-2-4-9-5-7/h2-6H,1H3,(H,10,11). The molecule has 0 aliphatic carbocycles. The molecule has 0 saturated carbocycles. The molecule has 1 unspecified atom stereocenters. The molecule has 0 aromatic carbocycles. The van der Waals surface area contributed by atoms with Crippen LogP contribution in [0.1, 0.15) is 6.92 Å². The number of aromatic nitrogens is 1. The zero-order chi connectivity index (χ0) is 9.68. The number of hydrogen-bond donors (Lipinski definition) is 1. The highest BCUT2D eigenvalue weighted by molar-refractivity contribution is 8.77. The van der Waals surface area contributed by atoms with Gasteiger partial charge in [-0.1, -0.05) is 21.6 Å². The minimum atomic E-state index is -0.790. The third kappa shape index (κ3) is 3.69. The average molecular weight is 215 g/mol. The topological polar surface area (TPSA) is 50.2 Å². The van der Waals surface area contributed by atoms with Gasteiger partial charge in [0.05, 0.1) is 0 Å². The number of rotatable bonds is 4. The number of nitrogens with zero attached hydrogens (tertiary/aromatic N) is 1. The molecule has 0 aliphatic rings. The summed E-state index contributed by atoms with van der Waals surface area (Å²) in [7, 11) is 2.74. The summed E-state index contributed by atoms with van der Waals surface area (Å²) in [5.41, 5.74) is 0. The highest BCUT2D eigenvalue weighted by atomic mass is 33.1. The van der Waals surface area contributed by atoms with Gasteiger partial charge in [-0.15, -0.1) is 0 Å². The maximum atomic E-state index is 10.5. The fourth-order valence-corrected chi connectivity index (χ4v) is 2.45. The lowest BCUT2D eigenvalue weighted by atomic mass is 10.5. The third-order valence-corrected chi connectivity index (χ3v) is 4.02. The maximum absolute atomic E-state index is 10.5. The molecule has 0 amide bonds. The molecule has 1 aromatic heterocycles. The Balaban J connectivity index is 2.39. The Morgan fingerprint density at radius 3 is 3.00 bits per heavy atom. The van der Waals surface area contributed by atoms with Crippen LogP contribution in [0.5, 0.6) is 0 Å². The Hall–Kier alpha value is -0.680. The van der Waals surface area contributed by atoms with Crippen LogP contribution in [0.4, 0.5) is 0 Å². The van der Waals surface area contributed by atoms with Crippen LogP contribution < -0.4 is 0 Å². The lowest BCUT2D eigenvalue weighted by Gasteiger charge is -2.03. The van der Waals surface area contributed by atoms with Gasteiger partial charge in [0, 0.05) is 17.3 Å². The molecule has 0 radical (unpaired) electrons. The summed E-state index contributed by atoms with van der Waals surface area (Å²) in [6, 6.07) is 3.73. The molecular weight excluding hydrogens is 206 g/mol. The summed E-state index contributed by atoms with van der Waals surface area (Å²) in [6.07, 6.45) is 3.40. The zero-order valence-electron chi connectivity index (χ0n) is 7.01. The van der Waals surface area contributed by atoms with Crippen LogP contribution >= 0.6 is 21.6 Å². The van der Waals surface area contributed by atoms with Crippen molar-refractivity contribution in [3.63, 3.8) is 0 Å². The highest BCUT2D eigenvalue weighted by Crippen LogP contribution is 2.33. The van der Waals surface area contributed by atoms with Crippen molar-refractivity contribution in [1.82, 2.24) is 4.98 Å². The van der Waals surface area contributed by atoms with Crippen LogP contribution in [0, 0.1) is 0 Å². The minimum absolute atomic E-state index is 0.398. The number of carboxylic acid groups (broad SMARTS) is 1. The summed E-state index contributed by atoms with van der Waals surface area (Å²) in [5, 5.41) is 8.21. The average Bonchev–Trinajstić information content (AvgIpc) is 2.15. The first-order valence-electron chi connectivity index (χ1n) is 3.66. The van der Waals surface area contributed by atoms with E-state index in [1.807, 2.05) is 12.1 Å². The molecule has 0 bridgehead atoms. The molecule has 0 spiro atoms. The van der Waals surface area contributed by atoms with E-state index in [-0.39, 0.29) is 0 Å². The summed E-state index contributed by atoms with van der Waals surface area (Å²) < 4.78 is 0. The van der Waals surface area contributed by atoms with Crippen LogP contribution in [0.2, 0.25) is 0 Å². The van der Waals surface area contributed by atoms with Gasteiger partial charge in [-0.2, -0.15) is 0 Å². The van der Waals surface area contributed by atoms with Gasteiger partial charge in [0.2, 0.25) is 0 Å². The second kappa shape index (κ2) is 5.14. The van der Waals surface area contributed by atoms with Crippen LogP contribution in [-0.2, 0) is 4.79 Å². The van der Waals surface area contributed by atoms with Crippen molar-refractivity contribution < 1.29 is 9.90 Å². The first-order chi connectivity index (χ1) is 6.20. The van der Waals surface area contributed by atoms with E-state index in [0.717, 1.165) is 4.90 Å². The number of carbonyl (C=O) groups is 1. The number of aliphatic carboxylic acids is 1. The second-order valence-corrected chi connectivity index (χ2v) is 4.96. The van der Waals surface area contributed by atoms with Crippen molar-refractivity contribution in [2.24, 2.45) is 0 Å². The molecule has 0 fully saturated rings. The van der Waals surface area contributed by atoms with Crippen molar-refractivity contribution in [3.8, 4) is 0 Å². The molecule has 1 N–H and O–H groups in total. The van der Waals surface area contributed by atoms with Crippen molar-refractivity contribution in [1.29, 1.82) is 0 Å². The molecule has 1 rings (SSSR count). The Morgan fingerprint density at radius 1 is 1.69 bits per heavy atom. The molecule has 0 saturated heterocycles. The molecule has 1 aromatic rings. The molecule has 3 nitrogen and oxygen atoms in total. The SMILES string of the molecule is CC(SSc1cccnc1)C(=O)O. The molecule has 1 atom stereocenters. The molecule has 13 heavy (non-hydrogen) atoms. The van der Waals surface area contributed by atoms with E-state index >= 15 is 0 Å². The van der Waals surface area contributed by atoms with E-state index in [9.17, 15) is 4.79 Å². The molecular formula is C8H9NO2S2. The molecule has 1 heterocycles. The molecule has 0 aliphatic heterocycles. The fourth-order valence-electron chi connectivity index (χ4n) is 0.565. The van der Waals surface area contributed by atoms with Crippen molar-refractivity contribution in [2.45, 2.75) is 17.1 Å². The van der Waals surface area contributed by atoms with E-state index in [1.165, 1.54) is 21.6 Å². The van der Waals surface area contributed by atoms with Gasteiger partial charge in [-0.3, -0.25) is 9.78 Å². The Kier molecular flexibility index (Phi) is 4.11. The zero-order valence-corrected chi connectivity index (χ0v) is 8.64. The lowest BCUT2D eigenvalue weighted by molar-refractivity contribution is -0.136. The van der Waals surface area contributed by atoms with Crippen molar-refractivity contribution in [2.75, 3.05) is 0 Å². The first-order valence-corrected chi connectivity index (χ1v) is 5.87. The lowest BCUT2D eigenvalue weighted by Crippen LogP contribution is -2.09. The van der Waals surface area contributed by atoms with Crippen LogP contribution in [0.25, 0.3) is 0 Å². The minimum Gasteiger partial charge on any atom is -0.480 e. The van der Waals surface area contributed by atoms with Gasteiger partial charge in [-0.05, 0) is 19.1 Å². The third-order valence-electron chi connectivity index (χ3n) is 1.27. The fraction of sp³-hybridized carbons (Fsp3) is 0.250. The smallest absolute Gasteiger partial charge is 0.317 e. The second-order valence-electron chi connectivity index (χ2n) is 2.35. The normalized spacial score (nSPS) is 12.4. The van der Waals surface area contributed by atoms with Crippen molar-refractivity contribution in [3.05, 3.63) is 24.5 Å². The Labute approximate surface area is 84.3 Å².